The first kappa shape index (κ1) is 32.4. The Morgan fingerprint density at radius 1 is 0.324 bits per heavy atom. The third-order valence-electron chi connectivity index (χ3n) is 4.04. The summed E-state index contributed by atoms with van der Waals surface area (Å²) in [6.07, 6.45) is 0. The fourth-order valence-electron chi connectivity index (χ4n) is 2.30. The van der Waals surface area contributed by atoms with E-state index >= 15 is 0 Å². The monoisotopic (exact) mass is 677 g/mol. The molecular formula is C28H20IrO8. The number of carboxylic acids is 4. The van der Waals surface area contributed by atoms with Crippen molar-refractivity contribution in [1.82, 2.24) is 0 Å². The molecule has 0 aliphatic heterocycles. The summed E-state index contributed by atoms with van der Waals surface area (Å²) in [7, 11) is 0. The van der Waals surface area contributed by atoms with E-state index in [0.717, 1.165) is 0 Å². The second-order valence-corrected chi connectivity index (χ2v) is 6.61. The topological polar surface area (TPSA) is 161 Å². The van der Waals surface area contributed by atoms with Crippen LogP contribution in [0, 0.1) is 0 Å². The molecule has 8 nitrogen and oxygen atoms in total. The number of carboxylic acid groups (broad SMARTS) is 4. The molecular weight excluding hydrogens is 657 g/mol. The van der Waals surface area contributed by atoms with Crippen LogP contribution in [0.25, 0.3) is 0 Å². The van der Waals surface area contributed by atoms with E-state index in [0.29, 0.717) is 0 Å². The Kier molecular flexibility index (Phi) is 16.4. The van der Waals surface area contributed by atoms with Crippen LogP contribution < -0.4 is 20.4 Å². The Hall–Kier alpha value is -4.59. The van der Waals surface area contributed by atoms with Crippen LogP contribution in [0.1, 0.15) is 41.4 Å². The van der Waals surface area contributed by atoms with Crippen molar-refractivity contribution in [2.24, 2.45) is 0 Å². The Morgan fingerprint density at radius 2 is 0.459 bits per heavy atom. The van der Waals surface area contributed by atoms with Gasteiger partial charge in [0.2, 0.25) is 0 Å². The molecule has 0 saturated carbocycles. The summed E-state index contributed by atoms with van der Waals surface area (Å²) >= 11 is 0. The maximum Gasteiger partial charge on any atom is 4.00 e. The summed E-state index contributed by atoms with van der Waals surface area (Å²) in [5.41, 5.74) is 0.880. The van der Waals surface area contributed by atoms with Gasteiger partial charge in [0.15, 0.2) is 0 Å². The van der Waals surface area contributed by atoms with Crippen molar-refractivity contribution in [3.05, 3.63) is 144 Å². The molecule has 4 rings (SSSR count). The second kappa shape index (κ2) is 18.7. The molecule has 4 aromatic rings. The van der Waals surface area contributed by atoms with Gasteiger partial charge in [-0.3, -0.25) is 0 Å². The molecule has 0 bridgehead atoms. The SMILES string of the molecule is O=C([O-])c1ccccc1.O=C([O-])c1ccccc1.O=C([O-])c1ccccc1.O=C([O-])c1ccccc1.[Ir+4]. The molecule has 9 heteroatoms. The van der Waals surface area contributed by atoms with Gasteiger partial charge in [0.1, 0.15) is 0 Å². The number of rotatable bonds is 4. The molecule has 189 valence electrons. The van der Waals surface area contributed by atoms with E-state index in [1.165, 1.54) is 48.5 Å². The van der Waals surface area contributed by atoms with Crippen molar-refractivity contribution < 1.29 is 59.7 Å². The average molecular weight is 677 g/mol. The zero-order valence-corrected chi connectivity index (χ0v) is 21.5. The van der Waals surface area contributed by atoms with Crippen molar-refractivity contribution in [3.63, 3.8) is 0 Å². The van der Waals surface area contributed by atoms with Crippen LogP contribution in [0.15, 0.2) is 121 Å². The minimum atomic E-state index is -1.13. The van der Waals surface area contributed by atoms with Crippen LogP contribution in [0.4, 0.5) is 0 Å². The first-order valence-electron chi connectivity index (χ1n) is 10.3. The molecule has 0 aromatic heterocycles. The van der Waals surface area contributed by atoms with E-state index in [1.807, 2.05) is 0 Å². The normalized spacial score (nSPS) is 8.65. The van der Waals surface area contributed by atoms with Crippen LogP contribution in [0.5, 0.6) is 0 Å². The van der Waals surface area contributed by atoms with E-state index < -0.39 is 23.9 Å². The number of carbonyl (C=O) groups excluding carboxylic acids is 4. The van der Waals surface area contributed by atoms with E-state index in [-0.39, 0.29) is 42.4 Å². The van der Waals surface area contributed by atoms with E-state index in [1.54, 1.807) is 72.8 Å². The van der Waals surface area contributed by atoms with Gasteiger partial charge in [-0.25, -0.2) is 0 Å². The summed E-state index contributed by atoms with van der Waals surface area (Å²) < 4.78 is 0. The summed E-state index contributed by atoms with van der Waals surface area (Å²) in [4.78, 5) is 40.4. The number of carbonyl (C=O) groups is 4. The molecule has 0 unspecified atom stereocenters. The summed E-state index contributed by atoms with van der Waals surface area (Å²) in [6.45, 7) is 0. The Balaban J connectivity index is 0.000000463. The van der Waals surface area contributed by atoms with E-state index in [4.69, 9.17) is 0 Å². The number of benzene rings is 4. The zero-order chi connectivity index (χ0) is 26.8. The largest absolute Gasteiger partial charge is 4.00 e. The van der Waals surface area contributed by atoms with Crippen molar-refractivity contribution in [2.45, 2.75) is 0 Å². The third kappa shape index (κ3) is 14.4. The van der Waals surface area contributed by atoms with Crippen LogP contribution in [-0.4, -0.2) is 23.9 Å². The summed E-state index contributed by atoms with van der Waals surface area (Å²) in [5.74, 6) is -4.52. The Morgan fingerprint density at radius 3 is 0.541 bits per heavy atom. The molecule has 0 spiro atoms. The minimum Gasteiger partial charge on any atom is -0.545 e. The Bertz CT molecular complexity index is 1020. The van der Waals surface area contributed by atoms with E-state index in [9.17, 15) is 39.6 Å². The maximum absolute atomic E-state index is 10.1. The fourth-order valence-corrected chi connectivity index (χ4v) is 2.30. The van der Waals surface area contributed by atoms with Crippen LogP contribution in [0.3, 0.4) is 0 Å². The smallest absolute Gasteiger partial charge is 0.545 e. The predicted molar refractivity (Wildman–Crippen MR) is 123 cm³/mol. The Labute approximate surface area is 226 Å². The molecule has 0 heterocycles. The first-order chi connectivity index (χ1) is 17.2. The van der Waals surface area contributed by atoms with Gasteiger partial charge in [-0.15, -0.1) is 0 Å². The van der Waals surface area contributed by atoms with Crippen molar-refractivity contribution >= 4 is 23.9 Å². The second-order valence-electron chi connectivity index (χ2n) is 6.61. The average Bonchev–Trinajstić information content (AvgIpc) is 2.92. The minimum absolute atomic E-state index is 0. The zero-order valence-electron chi connectivity index (χ0n) is 19.1. The number of hydrogen-bond acceptors (Lipinski definition) is 8. The quantitative estimate of drug-likeness (QED) is 0.296. The number of aromatic carboxylic acids is 4. The molecule has 1 radical (unpaired) electrons. The molecule has 0 saturated heterocycles. The van der Waals surface area contributed by atoms with Gasteiger partial charge >= 0.3 is 20.1 Å². The van der Waals surface area contributed by atoms with Gasteiger partial charge in [-0.05, 0) is 22.3 Å². The maximum atomic E-state index is 10.1. The predicted octanol–water partition coefficient (Wildman–Crippen LogP) is 0.198. The molecule has 0 N–H and O–H groups in total. The third-order valence-corrected chi connectivity index (χ3v) is 4.04. The van der Waals surface area contributed by atoms with E-state index in [2.05, 4.69) is 0 Å². The molecule has 0 aliphatic carbocycles. The van der Waals surface area contributed by atoms with Crippen molar-refractivity contribution in [2.75, 3.05) is 0 Å². The molecule has 4 aromatic carbocycles. The van der Waals surface area contributed by atoms with Gasteiger partial charge in [-0.1, -0.05) is 121 Å². The molecule has 37 heavy (non-hydrogen) atoms. The standard InChI is InChI=1S/4C7H6O2.Ir/c4*8-7(9)6-4-2-1-3-5-6;/h4*1-5H,(H,8,9);/q;;;;+4/p-4. The van der Waals surface area contributed by atoms with Crippen LogP contribution in [-0.2, 0) is 20.1 Å². The first-order valence-corrected chi connectivity index (χ1v) is 10.3. The summed E-state index contributed by atoms with van der Waals surface area (Å²) in [6, 6.07) is 32.3. The molecule has 0 amide bonds. The van der Waals surface area contributed by atoms with Gasteiger partial charge in [0.05, 0.1) is 23.9 Å². The van der Waals surface area contributed by atoms with Crippen LogP contribution >= 0.6 is 0 Å². The van der Waals surface area contributed by atoms with Gasteiger partial charge in [0.25, 0.3) is 0 Å². The van der Waals surface area contributed by atoms with Gasteiger partial charge in [0, 0.05) is 0 Å². The fraction of sp³-hybridized carbons (Fsp3) is 0. The number of hydrogen-bond donors (Lipinski definition) is 0. The summed E-state index contributed by atoms with van der Waals surface area (Å²) in [5, 5.41) is 40.4. The van der Waals surface area contributed by atoms with Crippen molar-refractivity contribution in [3.8, 4) is 0 Å². The molecule has 0 fully saturated rings. The molecule has 0 aliphatic rings. The molecule has 0 atom stereocenters. The van der Waals surface area contributed by atoms with Crippen LogP contribution in [0.2, 0.25) is 0 Å². The van der Waals surface area contributed by atoms with Gasteiger partial charge < -0.3 is 39.6 Å². The van der Waals surface area contributed by atoms with Gasteiger partial charge in [-0.2, -0.15) is 0 Å². The van der Waals surface area contributed by atoms with Crippen molar-refractivity contribution in [1.29, 1.82) is 0 Å².